The molecule has 0 radical (unpaired) electrons. The van der Waals surface area contributed by atoms with Crippen LogP contribution in [-0.2, 0) is 0 Å². The van der Waals surface area contributed by atoms with Gasteiger partial charge in [-0.15, -0.1) is 11.8 Å². The van der Waals surface area contributed by atoms with Crippen molar-refractivity contribution in [2.75, 3.05) is 37.3 Å². The van der Waals surface area contributed by atoms with Gasteiger partial charge in [0.15, 0.2) is 0 Å². The Morgan fingerprint density at radius 1 is 1.21 bits per heavy atom. The quantitative estimate of drug-likeness (QED) is 0.746. The highest BCUT2D eigenvalue weighted by atomic mass is 32.2. The molecular formula is C11H16N2S. The fourth-order valence-corrected chi connectivity index (χ4v) is 2.42. The minimum Gasteiger partial charge on any atom is -0.368 e. The molecule has 1 aliphatic rings. The molecule has 0 bridgehead atoms. The van der Waals surface area contributed by atoms with E-state index in [-0.39, 0.29) is 0 Å². The van der Waals surface area contributed by atoms with Crippen LogP contribution in [0.3, 0.4) is 0 Å². The molecule has 1 heterocycles. The average molecular weight is 208 g/mol. The standard InChI is InChI=1S/C11H16N2S/c1-14-11-5-3-2-4-10(11)13-8-6-12-7-9-13/h2-5,12H,6-9H2,1H3. The normalized spacial score (nSPS) is 17.1. The summed E-state index contributed by atoms with van der Waals surface area (Å²) in [6.07, 6.45) is 2.14. The first-order chi connectivity index (χ1) is 6.92. The van der Waals surface area contributed by atoms with E-state index in [1.807, 2.05) is 11.8 Å². The Bertz CT molecular complexity index is 295. The number of para-hydroxylation sites is 1. The van der Waals surface area contributed by atoms with Crippen molar-refractivity contribution in [3.63, 3.8) is 0 Å². The topological polar surface area (TPSA) is 15.3 Å². The summed E-state index contributed by atoms with van der Waals surface area (Å²) < 4.78 is 0. The first kappa shape index (κ1) is 9.87. The Labute approximate surface area is 89.7 Å². The molecule has 2 nitrogen and oxygen atoms in total. The molecule has 2 rings (SSSR count). The fraction of sp³-hybridized carbons (Fsp3) is 0.455. The van der Waals surface area contributed by atoms with Crippen molar-refractivity contribution in [3.05, 3.63) is 24.3 Å². The molecule has 0 aromatic heterocycles. The van der Waals surface area contributed by atoms with Gasteiger partial charge >= 0.3 is 0 Å². The number of benzene rings is 1. The highest BCUT2D eigenvalue weighted by Gasteiger charge is 2.12. The third-order valence-corrected chi connectivity index (χ3v) is 3.33. The summed E-state index contributed by atoms with van der Waals surface area (Å²) in [6, 6.07) is 8.65. The Kier molecular flexibility index (Phi) is 3.32. The zero-order chi connectivity index (χ0) is 9.80. The second-order valence-electron chi connectivity index (χ2n) is 3.41. The first-order valence-electron chi connectivity index (χ1n) is 5.00. The monoisotopic (exact) mass is 208 g/mol. The third kappa shape index (κ3) is 2.04. The van der Waals surface area contributed by atoms with Gasteiger partial charge in [0.05, 0.1) is 5.69 Å². The largest absolute Gasteiger partial charge is 0.368 e. The lowest BCUT2D eigenvalue weighted by Crippen LogP contribution is -2.43. The van der Waals surface area contributed by atoms with Gasteiger partial charge in [-0.25, -0.2) is 0 Å². The molecule has 0 unspecified atom stereocenters. The predicted molar refractivity (Wildman–Crippen MR) is 63.3 cm³/mol. The average Bonchev–Trinajstić information content (AvgIpc) is 2.30. The van der Waals surface area contributed by atoms with Crippen LogP contribution in [0.15, 0.2) is 29.2 Å². The Morgan fingerprint density at radius 2 is 1.93 bits per heavy atom. The van der Waals surface area contributed by atoms with Gasteiger partial charge in [0.2, 0.25) is 0 Å². The molecule has 14 heavy (non-hydrogen) atoms. The minimum atomic E-state index is 1.10. The van der Waals surface area contributed by atoms with Crippen molar-refractivity contribution in [1.82, 2.24) is 5.32 Å². The summed E-state index contributed by atoms with van der Waals surface area (Å²) in [5, 5.41) is 3.37. The van der Waals surface area contributed by atoms with Gasteiger partial charge in [-0.05, 0) is 18.4 Å². The molecule has 1 N–H and O–H groups in total. The van der Waals surface area contributed by atoms with Crippen LogP contribution in [0.5, 0.6) is 0 Å². The van der Waals surface area contributed by atoms with Crippen molar-refractivity contribution < 1.29 is 0 Å². The minimum absolute atomic E-state index is 1.10. The summed E-state index contributed by atoms with van der Waals surface area (Å²) in [5.74, 6) is 0. The van der Waals surface area contributed by atoms with E-state index < -0.39 is 0 Å². The SMILES string of the molecule is CSc1ccccc1N1CCNCC1. The number of hydrogen-bond donors (Lipinski definition) is 1. The first-order valence-corrected chi connectivity index (χ1v) is 6.23. The van der Waals surface area contributed by atoms with E-state index in [0.717, 1.165) is 26.2 Å². The van der Waals surface area contributed by atoms with Crippen LogP contribution < -0.4 is 10.2 Å². The molecular weight excluding hydrogens is 192 g/mol. The van der Waals surface area contributed by atoms with Gasteiger partial charge in [0.1, 0.15) is 0 Å². The summed E-state index contributed by atoms with van der Waals surface area (Å²) >= 11 is 1.83. The van der Waals surface area contributed by atoms with Crippen LogP contribution >= 0.6 is 11.8 Å². The van der Waals surface area contributed by atoms with E-state index in [4.69, 9.17) is 0 Å². The maximum Gasteiger partial charge on any atom is 0.0505 e. The lowest BCUT2D eigenvalue weighted by Gasteiger charge is -2.30. The van der Waals surface area contributed by atoms with E-state index in [0.29, 0.717) is 0 Å². The molecule has 1 aromatic carbocycles. The Morgan fingerprint density at radius 3 is 2.64 bits per heavy atom. The lowest BCUT2D eigenvalue weighted by molar-refractivity contribution is 0.587. The second-order valence-corrected chi connectivity index (χ2v) is 4.26. The van der Waals surface area contributed by atoms with Gasteiger partial charge in [0.25, 0.3) is 0 Å². The van der Waals surface area contributed by atoms with Crippen molar-refractivity contribution >= 4 is 17.4 Å². The van der Waals surface area contributed by atoms with Crippen molar-refractivity contribution in [1.29, 1.82) is 0 Å². The summed E-state index contributed by atoms with van der Waals surface area (Å²) in [5.41, 5.74) is 1.39. The van der Waals surface area contributed by atoms with E-state index in [9.17, 15) is 0 Å². The molecule has 0 aliphatic carbocycles. The lowest BCUT2D eigenvalue weighted by atomic mass is 10.2. The van der Waals surface area contributed by atoms with Crippen LogP contribution in [0.4, 0.5) is 5.69 Å². The molecule has 1 fully saturated rings. The van der Waals surface area contributed by atoms with Gasteiger partial charge in [-0.1, -0.05) is 12.1 Å². The molecule has 1 aliphatic heterocycles. The zero-order valence-corrected chi connectivity index (χ0v) is 9.31. The number of thioether (sulfide) groups is 1. The van der Waals surface area contributed by atoms with E-state index in [2.05, 4.69) is 40.7 Å². The molecule has 3 heteroatoms. The van der Waals surface area contributed by atoms with Crippen molar-refractivity contribution in [3.8, 4) is 0 Å². The maximum absolute atomic E-state index is 3.37. The molecule has 1 saturated heterocycles. The number of hydrogen-bond acceptors (Lipinski definition) is 3. The third-order valence-electron chi connectivity index (χ3n) is 2.54. The van der Waals surface area contributed by atoms with Crippen molar-refractivity contribution in [2.24, 2.45) is 0 Å². The van der Waals surface area contributed by atoms with Crippen LogP contribution in [0, 0.1) is 0 Å². The van der Waals surface area contributed by atoms with Gasteiger partial charge in [-0.3, -0.25) is 0 Å². The van der Waals surface area contributed by atoms with E-state index >= 15 is 0 Å². The highest BCUT2D eigenvalue weighted by Crippen LogP contribution is 2.28. The highest BCUT2D eigenvalue weighted by molar-refractivity contribution is 7.98. The molecule has 1 aromatic rings. The second kappa shape index (κ2) is 4.71. The number of nitrogens with one attached hydrogen (secondary N) is 1. The van der Waals surface area contributed by atoms with E-state index in [1.165, 1.54) is 10.6 Å². The van der Waals surface area contributed by atoms with Crippen LogP contribution in [0.25, 0.3) is 0 Å². The summed E-state index contributed by atoms with van der Waals surface area (Å²) in [7, 11) is 0. The smallest absolute Gasteiger partial charge is 0.0505 e. The molecule has 0 atom stereocenters. The molecule has 0 saturated carbocycles. The van der Waals surface area contributed by atoms with Crippen LogP contribution in [0.1, 0.15) is 0 Å². The molecule has 76 valence electrons. The zero-order valence-electron chi connectivity index (χ0n) is 8.49. The van der Waals surface area contributed by atoms with Crippen LogP contribution in [-0.4, -0.2) is 32.4 Å². The number of anilines is 1. The molecule has 0 spiro atoms. The Hall–Kier alpha value is -0.670. The molecule has 0 amide bonds. The number of rotatable bonds is 2. The maximum atomic E-state index is 3.37. The fourth-order valence-electron chi connectivity index (χ4n) is 1.80. The number of piperazine rings is 1. The van der Waals surface area contributed by atoms with Crippen LogP contribution in [0.2, 0.25) is 0 Å². The predicted octanol–water partition coefficient (Wildman–Crippen LogP) is 1.82. The number of nitrogens with zero attached hydrogens (tertiary/aromatic N) is 1. The van der Waals surface area contributed by atoms with Gasteiger partial charge in [-0.2, -0.15) is 0 Å². The summed E-state index contributed by atoms with van der Waals surface area (Å²) in [6.45, 7) is 4.45. The van der Waals surface area contributed by atoms with E-state index in [1.54, 1.807) is 0 Å². The summed E-state index contributed by atoms with van der Waals surface area (Å²) in [4.78, 5) is 3.84. The Balaban J connectivity index is 2.20. The van der Waals surface area contributed by atoms with Crippen molar-refractivity contribution in [2.45, 2.75) is 4.90 Å². The van der Waals surface area contributed by atoms with Gasteiger partial charge in [0, 0.05) is 31.1 Å². The van der Waals surface area contributed by atoms with Gasteiger partial charge < -0.3 is 10.2 Å².